The number of carbonyl (C=O) groups excluding carboxylic acids is 2. The maximum atomic E-state index is 12.1. The zero-order valence-electron chi connectivity index (χ0n) is 14.9. The second-order valence-electron chi connectivity index (χ2n) is 5.65. The first-order valence-corrected chi connectivity index (χ1v) is 8.01. The van der Waals surface area contributed by atoms with Crippen molar-refractivity contribution in [1.29, 1.82) is 0 Å². The Bertz CT molecular complexity index is 1040. The number of nitrogens with zero attached hydrogens (tertiary/aromatic N) is 2. The van der Waals surface area contributed by atoms with Crippen molar-refractivity contribution in [3.8, 4) is 11.5 Å². The fourth-order valence-corrected chi connectivity index (χ4v) is 2.45. The molecule has 142 valence electrons. The molecule has 0 amide bonds. The van der Waals surface area contributed by atoms with Crippen LogP contribution in [0.2, 0.25) is 0 Å². The highest BCUT2D eigenvalue weighted by Gasteiger charge is 2.25. The molecule has 0 spiro atoms. The molecule has 0 bridgehead atoms. The predicted molar refractivity (Wildman–Crippen MR) is 98.0 cm³/mol. The summed E-state index contributed by atoms with van der Waals surface area (Å²) in [5.74, 6) is -0.883. The summed E-state index contributed by atoms with van der Waals surface area (Å²) in [6, 6.07) is 10.7. The summed E-state index contributed by atoms with van der Waals surface area (Å²) < 4.78 is 15.1. The van der Waals surface area contributed by atoms with Crippen LogP contribution in [0.25, 0.3) is 6.08 Å². The number of methoxy groups -OCH3 is 1. The van der Waals surface area contributed by atoms with Gasteiger partial charge in [0, 0.05) is 18.6 Å². The van der Waals surface area contributed by atoms with Crippen LogP contribution in [0.4, 0.5) is 5.69 Å². The number of hydrogen-bond acceptors (Lipinski definition) is 8. The van der Waals surface area contributed by atoms with E-state index in [1.165, 1.54) is 31.4 Å². The minimum absolute atomic E-state index is 0.0210. The first kappa shape index (κ1) is 18.8. The van der Waals surface area contributed by atoms with Gasteiger partial charge in [-0.15, -0.1) is 0 Å². The lowest BCUT2D eigenvalue weighted by molar-refractivity contribution is -0.385. The van der Waals surface area contributed by atoms with Gasteiger partial charge in [0.15, 0.2) is 5.70 Å². The van der Waals surface area contributed by atoms with Gasteiger partial charge in [-0.05, 0) is 35.9 Å². The van der Waals surface area contributed by atoms with Crippen LogP contribution in [0.15, 0.2) is 53.2 Å². The summed E-state index contributed by atoms with van der Waals surface area (Å²) in [6.45, 7) is 1.14. The van der Waals surface area contributed by atoms with Crippen molar-refractivity contribution in [2.24, 2.45) is 4.99 Å². The number of nitro benzene ring substituents is 1. The van der Waals surface area contributed by atoms with Gasteiger partial charge in [-0.25, -0.2) is 9.79 Å². The van der Waals surface area contributed by atoms with Crippen molar-refractivity contribution in [3.05, 3.63) is 69.4 Å². The van der Waals surface area contributed by atoms with E-state index in [0.29, 0.717) is 16.9 Å². The Kier molecular flexibility index (Phi) is 5.16. The van der Waals surface area contributed by atoms with E-state index in [-0.39, 0.29) is 17.3 Å². The van der Waals surface area contributed by atoms with E-state index in [1.54, 1.807) is 24.3 Å². The number of rotatable bonds is 5. The molecule has 0 radical (unpaired) electrons. The maximum Gasteiger partial charge on any atom is 0.363 e. The molecule has 2 aromatic carbocycles. The van der Waals surface area contributed by atoms with Crippen molar-refractivity contribution in [2.45, 2.75) is 6.92 Å². The van der Waals surface area contributed by atoms with E-state index in [2.05, 4.69) is 4.99 Å². The van der Waals surface area contributed by atoms with Crippen LogP contribution in [-0.4, -0.2) is 29.9 Å². The highest BCUT2D eigenvalue weighted by atomic mass is 16.6. The molecule has 0 aromatic heterocycles. The lowest BCUT2D eigenvalue weighted by Gasteiger charge is -2.03. The SMILES string of the molecule is COc1cccc(C2=N/C(=C\c3ccc(OC(C)=O)c([N+](=O)[O-])c3)C(=O)O2)c1. The standard InChI is InChI=1S/C19H14N2O7/c1-11(22)27-17-7-6-12(9-16(17)21(24)25)8-15-19(23)28-18(20-15)13-4-3-5-14(10-13)26-2/h3-10H,1-2H3/b15-8-. The Morgan fingerprint density at radius 2 is 2.04 bits per heavy atom. The number of aliphatic imine (C=N–C) groups is 1. The van der Waals surface area contributed by atoms with Crippen molar-refractivity contribution < 1.29 is 28.7 Å². The smallest absolute Gasteiger partial charge is 0.363 e. The lowest BCUT2D eigenvalue weighted by Crippen LogP contribution is -2.05. The molecule has 9 heteroatoms. The quantitative estimate of drug-likeness (QED) is 0.256. The average Bonchev–Trinajstić information content (AvgIpc) is 3.03. The van der Waals surface area contributed by atoms with Crippen LogP contribution in [-0.2, 0) is 14.3 Å². The third-order valence-electron chi connectivity index (χ3n) is 3.67. The molecule has 0 saturated carbocycles. The van der Waals surface area contributed by atoms with Crippen molar-refractivity contribution in [2.75, 3.05) is 7.11 Å². The lowest BCUT2D eigenvalue weighted by atomic mass is 10.1. The molecule has 1 heterocycles. The summed E-state index contributed by atoms with van der Waals surface area (Å²) >= 11 is 0. The number of cyclic esters (lactones) is 1. The van der Waals surface area contributed by atoms with E-state index in [0.717, 1.165) is 6.92 Å². The van der Waals surface area contributed by atoms with Gasteiger partial charge in [0.1, 0.15) is 5.75 Å². The van der Waals surface area contributed by atoms with E-state index in [9.17, 15) is 19.7 Å². The fraction of sp³-hybridized carbons (Fsp3) is 0.105. The molecule has 9 nitrogen and oxygen atoms in total. The molecule has 0 fully saturated rings. The molecule has 2 aromatic rings. The Hall–Kier alpha value is -4.01. The summed E-state index contributed by atoms with van der Waals surface area (Å²) in [5, 5.41) is 11.2. The molecule has 0 aliphatic carbocycles. The second-order valence-corrected chi connectivity index (χ2v) is 5.65. The molecule has 1 aliphatic heterocycles. The first-order chi connectivity index (χ1) is 13.4. The molecule has 0 saturated heterocycles. The number of nitro groups is 1. The Morgan fingerprint density at radius 3 is 2.71 bits per heavy atom. The third kappa shape index (κ3) is 4.04. The van der Waals surface area contributed by atoms with Crippen LogP contribution < -0.4 is 9.47 Å². The number of carbonyl (C=O) groups is 2. The number of esters is 2. The van der Waals surface area contributed by atoms with Gasteiger partial charge in [0.25, 0.3) is 0 Å². The summed E-state index contributed by atoms with van der Waals surface area (Å²) in [5.41, 5.74) is 0.442. The monoisotopic (exact) mass is 382 g/mol. The Morgan fingerprint density at radius 1 is 1.25 bits per heavy atom. The zero-order chi connectivity index (χ0) is 20.3. The van der Waals surface area contributed by atoms with Crippen molar-refractivity contribution in [3.63, 3.8) is 0 Å². The third-order valence-corrected chi connectivity index (χ3v) is 3.67. The van der Waals surface area contributed by atoms with Gasteiger partial charge in [0.05, 0.1) is 12.0 Å². The molecular formula is C19H14N2O7. The van der Waals surface area contributed by atoms with E-state index in [4.69, 9.17) is 14.2 Å². The predicted octanol–water partition coefficient (Wildman–Crippen LogP) is 2.87. The summed E-state index contributed by atoms with van der Waals surface area (Å²) in [6.07, 6.45) is 1.35. The molecular weight excluding hydrogens is 368 g/mol. The van der Waals surface area contributed by atoms with Gasteiger partial charge in [-0.2, -0.15) is 0 Å². The summed E-state index contributed by atoms with van der Waals surface area (Å²) in [4.78, 5) is 37.9. The highest BCUT2D eigenvalue weighted by Crippen LogP contribution is 2.30. The molecule has 0 atom stereocenters. The van der Waals surface area contributed by atoms with Gasteiger partial charge in [-0.3, -0.25) is 14.9 Å². The number of hydrogen-bond donors (Lipinski definition) is 0. The van der Waals surface area contributed by atoms with Crippen LogP contribution in [0.5, 0.6) is 11.5 Å². The minimum Gasteiger partial charge on any atom is -0.497 e. The van der Waals surface area contributed by atoms with E-state index >= 15 is 0 Å². The molecule has 0 N–H and O–H groups in total. The number of benzene rings is 2. The minimum atomic E-state index is -0.690. The summed E-state index contributed by atoms with van der Waals surface area (Å²) in [7, 11) is 1.51. The fourth-order valence-electron chi connectivity index (χ4n) is 2.45. The van der Waals surface area contributed by atoms with Crippen LogP contribution in [0.1, 0.15) is 18.1 Å². The van der Waals surface area contributed by atoms with Crippen LogP contribution in [0, 0.1) is 10.1 Å². The first-order valence-electron chi connectivity index (χ1n) is 8.01. The highest BCUT2D eigenvalue weighted by molar-refractivity contribution is 6.13. The van der Waals surface area contributed by atoms with E-state index in [1.807, 2.05) is 0 Å². The average molecular weight is 382 g/mol. The van der Waals surface area contributed by atoms with E-state index < -0.39 is 22.5 Å². The second kappa shape index (κ2) is 7.70. The van der Waals surface area contributed by atoms with Gasteiger partial charge in [-0.1, -0.05) is 12.1 Å². The zero-order valence-corrected chi connectivity index (χ0v) is 14.9. The number of ether oxygens (including phenoxy) is 3. The molecule has 28 heavy (non-hydrogen) atoms. The molecule has 1 aliphatic rings. The Balaban J connectivity index is 1.95. The topological polar surface area (TPSA) is 117 Å². The van der Waals surface area contributed by atoms with Crippen molar-refractivity contribution in [1.82, 2.24) is 0 Å². The maximum absolute atomic E-state index is 12.1. The van der Waals surface area contributed by atoms with Gasteiger partial charge >= 0.3 is 17.6 Å². The molecule has 0 unspecified atom stereocenters. The normalized spacial score (nSPS) is 14.4. The van der Waals surface area contributed by atoms with Gasteiger partial charge < -0.3 is 14.2 Å². The van der Waals surface area contributed by atoms with Gasteiger partial charge in [0.2, 0.25) is 11.6 Å². The molecule has 3 rings (SSSR count). The van der Waals surface area contributed by atoms with Crippen LogP contribution >= 0.6 is 0 Å². The van der Waals surface area contributed by atoms with Crippen LogP contribution in [0.3, 0.4) is 0 Å². The Labute approximate surface area is 159 Å². The van der Waals surface area contributed by atoms with Crippen molar-refractivity contribution >= 4 is 29.6 Å². The largest absolute Gasteiger partial charge is 0.497 e.